The summed E-state index contributed by atoms with van der Waals surface area (Å²) in [5, 5.41) is 5.71. The van der Waals surface area contributed by atoms with E-state index in [0.29, 0.717) is 22.2 Å². The monoisotopic (exact) mass is 402 g/mol. The zero-order valence-corrected chi connectivity index (χ0v) is 16.6. The number of rotatable bonds is 8. The van der Waals surface area contributed by atoms with Crippen molar-refractivity contribution in [3.8, 4) is 0 Å². The number of para-hydroxylation sites is 1. The third kappa shape index (κ3) is 6.39. The number of carbonyl (C=O) groups is 3. The van der Waals surface area contributed by atoms with Crippen molar-refractivity contribution in [2.45, 2.75) is 26.2 Å². The minimum atomic E-state index is -0.701. The minimum Gasteiger partial charge on any atom is -0.454 e. The second-order valence-corrected chi connectivity index (χ2v) is 6.73. The first-order chi connectivity index (χ1) is 13.4. The van der Waals surface area contributed by atoms with Crippen LogP contribution in [0, 0.1) is 0 Å². The fraction of sp³-hybridized carbons (Fsp3) is 0.286. The van der Waals surface area contributed by atoms with Gasteiger partial charge in [-0.2, -0.15) is 0 Å². The number of amides is 2. The maximum Gasteiger partial charge on any atom is 0.325 e. The van der Waals surface area contributed by atoms with Crippen molar-refractivity contribution in [1.82, 2.24) is 5.32 Å². The number of hydrogen-bond acceptors (Lipinski definition) is 4. The van der Waals surface area contributed by atoms with Crippen LogP contribution in [0.2, 0.25) is 5.02 Å². The number of anilines is 1. The molecule has 0 unspecified atom stereocenters. The summed E-state index contributed by atoms with van der Waals surface area (Å²) < 4.78 is 4.92. The minimum absolute atomic E-state index is 0.294. The zero-order chi connectivity index (χ0) is 20.5. The maximum atomic E-state index is 12.1. The van der Waals surface area contributed by atoms with Crippen LogP contribution < -0.4 is 10.6 Å². The van der Waals surface area contributed by atoms with E-state index >= 15 is 0 Å². The lowest BCUT2D eigenvalue weighted by Gasteiger charge is -2.15. The van der Waals surface area contributed by atoms with Gasteiger partial charge in [0, 0.05) is 16.3 Å². The molecule has 6 nitrogen and oxygen atoms in total. The molecule has 0 aliphatic carbocycles. The predicted molar refractivity (Wildman–Crippen MR) is 109 cm³/mol. The molecule has 0 bridgehead atoms. The molecule has 0 aliphatic rings. The summed E-state index contributed by atoms with van der Waals surface area (Å²) in [6.45, 7) is 3.39. The molecule has 7 heteroatoms. The molecule has 0 aromatic heterocycles. The Hall–Kier alpha value is -2.86. The lowest BCUT2D eigenvalue weighted by molar-refractivity contribution is -0.146. The number of benzene rings is 2. The topological polar surface area (TPSA) is 84.5 Å². The highest BCUT2D eigenvalue weighted by Gasteiger charge is 2.13. The summed E-state index contributed by atoms with van der Waals surface area (Å²) in [6.07, 6.45) is 0.940. The van der Waals surface area contributed by atoms with E-state index in [9.17, 15) is 14.4 Å². The standard InChI is InChI=1S/C21H23ClN2O4/c1-3-14(2)17-6-4-5-7-18(17)24-19(25)13-28-20(26)12-23-21(27)15-8-10-16(22)11-9-15/h4-11,14H,3,12-13H2,1-2H3,(H,23,27)(H,24,25)/t14-/m0/s1. The van der Waals surface area contributed by atoms with Crippen LogP contribution in [-0.2, 0) is 14.3 Å². The molecule has 2 amide bonds. The molecule has 0 spiro atoms. The Labute approximate surface area is 169 Å². The van der Waals surface area contributed by atoms with Gasteiger partial charge < -0.3 is 15.4 Å². The molecule has 2 N–H and O–H groups in total. The Bertz CT molecular complexity index is 837. The number of carbonyl (C=O) groups excluding carboxylic acids is 3. The molecule has 0 fully saturated rings. The normalized spacial score (nSPS) is 11.4. The molecular formula is C21H23ClN2O4. The van der Waals surface area contributed by atoms with Crippen LogP contribution in [0.1, 0.15) is 42.1 Å². The van der Waals surface area contributed by atoms with Crippen molar-refractivity contribution >= 4 is 35.1 Å². The van der Waals surface area contributed by atoms with Crippen LogP contribution >= 0.6 is 11.6 Å². The van der Waals surface area contributed by atoms with Gasteiger partial charge in [-0.1, -0.05) is 43.6 Å². The molecular weight excluding hydrogens is 380 g/mol. The summed E-state index contributed by atoms with van der Waals surface area (Å²) in [7, 11) is 0. The van der Waals surface area contributed by atoms with E-state index in [0.717, 1.165) is 12.0 Å². The zero-order valence-electron chi connectivity index (χ0n) is 15.8. The maximum absolute atomic E-state index is 12.1. The number of nitrogens with one attached hydrogen (secondary N) is 2. The fourth-order valence-electron chi connectivity index (χ4n) is 2.50. The highest BCUT2D eigenvalue weighted by atomic mass is 35.5. The van der Waals surface area contributed by atoms with Gasteiger partial charge in [-0.15, -0.1) is 0 Å². The van der Waals surface area contributed by atoms with Crippen molar-refractivity contribution in [3.05, 3.63) is 64.7 Å². The van der Waals surface area contributed by atoms with Crippen molar-refractivity contribution in [2.24, 2.45) is 0 Å². The molecule has 1 atom stereocenters. The Morgan fingerprint density at radius 2 is 1.75 bits per heavy atom. The van der Waals surface area contributed by atoms with Crippen LogP contribution in [0.5, 0.6) is 0 Å². The summed E-state index contributed by atoms with van der Waals surface area (Å²) in [5.41, 5.74) is 2.10. The van der Waals surface area contributed by atoms with Gasteiger partial charge in [0.2, 0.25) is 0 Å². The van der Waals surface area contributed by atoms with E-state index in [-0.39, 0.29) is 6.54 Å². The second kappa shape index (κ2) is 10.5. The van der Waals surface area contributed by atoms with E-state index in [2.05, 4.69) is 24.5 Å². The molecule has 0 saturated carbocycles. The van der Waals surface area contributed by atoms with Crippen molar-refractivity contribution in [2.75, 3.05) is 18.5 Å². The lowest BCUT2D eigenvalue weighted by atomic mass is 9.97. The first-order valence-electron chi connectivity index (χ1n) is 8.98. The average molecular weight is 403 g/mol. The number of ether oxygens (including phenoxy) is 1. The fourth-order valence-corrected chi connectivity index (χ4v) is 2.63. The van der Waals surface area contributed by atoms with Crippen LogP contribution in [0.4, 0.5) is 5.69 Å². The average Bonchev–Trinajstić information content (AvgIpc) is 2.70. The molecule has 2 aromatic rings. The van der Waals surface area contributed by atoms with Gasteiger partial charge in [0.25, 0.3) is 11.8 Å². The van der Waals surface area contributed by atoms with Gasteiger partial charge in [0.05, 0.1) is 0 Å². The molecule has 2 rings (SSSR count). The molecule has 28 heavy (non-hydrogen) atoms. The first-order valence-corrected chi connectivity index (χ1v) is 9.36. The Kier molecular flexibility index (Phi) is 8.02. The molecule has 0 saturated heterocycles. The van der Waals surface area contributed by atoms with Gasteiger partial charge >= 0.3 is 5.97 Å². The summed E-state index contributed by atoms with van der Waals surface area (Å²) >= 11 is 5.76. The Balaban J connectivity index is 1.79. The first kappa shape index (κ1) is 21.4. The molecule has 2 aromatic carbocycles. The van der Waals surface area contributed by atoms with Gasteiger partial charge in [-0.3, -0.25) is 14.4 Å². The van der Waals surface area contributed by atoms with Gasteiger partial charge in [-0.05, 0) is 48.2 Å². The quantitative estimate of drug-likeness (QED) is 0.658. The molecule has 148 valence electrons. The Morgan fingerprint density at radius 1 is 1.07 bits per heavy atom. The summed E-state index contributed by atoms with van der Waals surface area (Å²) in [4.78, 5) is 35.8. The van der Waals surface area contributed by atoms with E-state index < -0.39 is 24.4 Å². The van der Waals surface area contributed by atoms with Gasteiger partial charge in [-0.25, -0.2) is 0 Å². The van der Waals surface area contributed by atoms with Gasteiger partial charge in [0.15, 0.2) is 6.61 Å². The smallest absolute Gasteiger partial charge is 0.325 e. The number of halogens is 1. The largest absolute Gasteiger partial charge is 0.454 e. The highest BCUT2D eigenvalue weighted by Crippen LogP contribution is 2.26. The van der Waals surface area contributed by atoms with E-state index in [1.807, 2.05) is 24.3 Å². The summed E-state index contributed by atoms with van der Waals surface area (Å²) in [5.74, 6) is -1.27. The van der Waals surface area contributed by atoms with Crippen molar-refractivity contribution in [3.63, 3.8) is 0 Å². The van der Waals surface area contributed by atoms with Crippen LogP contribution in [-0.4, -0.2) is 30.9 Å². The second-order valence-electron chi connectivity index (χ2n) is 6.29. The third-order valence-corrected chi connectivity index (χ3v) is 4.49. The third-order valence-electron chi connectivity index (χ3n) is 4.24. The number of esters is 1. The molecule has 0 heterocycles. The highest BCUT2D eigenvalue weighted by molar-refractivity contribution is 6.30. The lowest BCUT2D eigenvalue weighted by Crippen LogP contribution is -2.32. The molecule has 0 radical (unpaired) electrons. The summed E-state index contributed by atoms with van der Waals surface area (Å²) in [6, 6.07) is 13.8. The van der Waals surface area contributed by atoms with Crippen LogP contribution in [0.15, 0.2) is 48.5 Å². The van der Waals surface area contributed by atoms with E-state index in [1.165, 1.54) is 0 Å². The van der Waals surface area contributed by atoms with E-state index in [4.69, 9.17) is 16.3 Å². The predicted octanol–water partition coefficient (Wildman–Crippen LogP) is 3.77. The van der Waals surface area contributed by atoms with Gasteiger partial charge in [0.1, 0.15) is 6.54 Å². The number of hydrogen-bond donors (Lipinski definition) is 2. The Morgan fingerprint density at radius 3 is 2.43 bits per heavy atom. The van der Waals surface area contributed by atoms with Crippen LogP contribution in [0.3, 0.4) is 0 Å². The SMILES string of the molecule is CC[C@H](C)c1ccccc1NC(=O)COC(=O)CNC(=O)c1ccc(Cl)cc1. The van der Waals surface area contributed by atoms with Crippen LogP contribution in [0.25, 0.3) is 0 Å². The van der Waals surface area contributed by atoms with E-state index in [1.54, 1.807) is 24.3 Å². The van der Waals surface area contributed by atoms with Crippen molar-refractivity contribution in [1.29, 1.82) is 0 Å². The van der Waals surface area contributed by atoms with Crippen molar-refractivity contribution < 1.29 is 19.1 Å². The molecule has 0 aliphatic heterocycles.